The number of nitrogen functional groups attached to an aromatic ring is 1. The van der Waals surface area contributed by atoms with Gasteiger partial charge in [0.25, 0.3) is 0 Å². The Morgan fingerprint density at radius 2 is 2.06 bits per heavy atom. The van der Waals surface area contributed by atoms with E-state index in [0.29, 0.717) is 5.82 Å². The largest absolute Gasteiger partial charge is 0.384 e. The van der Waals surface area contributed by atoms with Gasteiger partial charge in [0.15, 0.2) is 0 Å². The van der Waals surface area contributed by atoms with Crippen LogP contribution in [-0.4, -0.2) is 19.5 Å². The summed E-state index contributed by atoms with van der Waals surface area (Å²) in [5.74, 6) is 1.37. The van der Waals surface area contributed by atoms with Gasteiger partial charge in [0, 0.05) is 25.0 Å². The van der Waals surface area contributed by atoms with Crippen molar-refractivity contribution in [3.05, 3.63) is 36.8 Å². The molecular formula is C12H11N5. The smallest absolute Gasteiger partial charge is 0.142 e. The molecule has 0 amide bonds. The predicted octanol–water partition coefficient (Wildman–Crippen LogP) is 1.61. The first-order valence-corrected chi connectivity index (χ1v) is 5.24. The van der Waals surface area contributed by atoms with E-state index in [0.717, 1.165) is 22.4 Å². The SMILES string of the molecule is Cn1c(-c2ccc(N)nc2)nc2cnccc21. The molecule has 3 aromatic rings. The van der Waals surface area contributed by atoms with Crippen LogP contribution in [0.1, 0.15) is 0 Å². The molecule has 0 spiro atoms. The summed E-state index contributed by atoms with van der Waals surface area (Å²) >= 11 is 0. The second kappa shape index (κ2) is 3.55. The van der Waals surface area contributed by atoms with Gasteiger partial charge in [-0.1, -0.05) is 0 Å². The number of imidazole rings is 1. The molecule has 0 aliphatic heterocycles. The Labute approximate surface area is 98.0 Å². The van der Waals surface area contributed by atoms with Crippen LogP contribution in [0.4, 0.5) is 5.82 Å². The Morgan fingerprint density at radius 1 is 1.18 bits per heavy atom. The summed E-state index contributed by atoms with van der Waals surface area (Å²) in [4.78, 5) is 12.7. The first-order chi connectivity index (χ1) is 8.25. The van der Waals surface area contributed by atoms with E-state index in [1.165, 1.54) is 0 Å². The molecule has 5 nitrogen and oxygen atoms in total. The van der Waals surface area contributed by atoms with Gasteiger partial charge in [0.1, 0.15) is 17.2 Å². The van der Waals surface area contributed by atoms with E-state index in [2.05, 4.69) is 15.0 Å². The average Bonchev–Trinajstić information content (AvgIpc) is 2.69. The van der Waals surface area contributed by atoms with Crippen molar-refractivity contribution in [2.45, 2.75) is 0 Å². The number of aromatic nitrogens is 4. The van der Waals surface area contributed by atoms with E-state index >= 15 is 0 Å². The molecule has 0 fully saturated rings. The number of fused-ring (bicyclic) bond motifs is 1. The molecule has 0 saturated carbocycles. The van der Waals surface area contributed by atoms with E-state index in [9.17, 15) is 0 Å². The molecule has 84 valence electrons. The molecule has 17 heavy (non-hydrogen) atoms. The maximum absolute atomic E-state index is 5.57. The van der Waals surface area contributed by atoms with Crippen molar-refractivity contribution in [3.63, 3.8) is 0 Å². The molecule has 0 bridgehead atoms. The Balaban J connectivity index is 2.24. The lowest BCUT2D eigenvalue weighted by Crippen LogP contribution is -1.94. The summed E-state index contributed by atoms with van der Waals surface area (Å²) in [7, 11) is 1.97. The second-order valence-corrected chi connectivity index (χ2v) is 3.83. The van der Waals surface area contributed by atoms with Crippen LogP contribution in [0.15, 0.2) is 36.8 Å². The van der Waals surface area contributed by atoms with Gasteiger partial charge in [-0.05, 0) is 18.2 Å². The summed E-state index contributed by atoms with van der Waals surface area (Å²) < 4.78 is 2.02. The van der Waals surface area contributed by atoms with Gasteiger partial charge >= 0.3 is 0 Å². The topological polar surface area (TPSA) is 69.6 Å². The van der Waals surface area contributed by atoms with Crippen molar-refractivity contribution in [1.29, 1.82) is 0 Å². The summed E-state index contributed by atoms with van der Waals surface area (Å²) in [5.41, 5.74) is 8.44. The van der Waals surface area contributed by atoms with Crippen LogP contribution >= 0.6 is 0 Å². The first-order valence-electron chi connectivity index (χ1n) is 5.24. The maximum atomic E-state index is 5.57. The maximum Gasteiger partial charge on any atom is 0.142 e. The van der Waals surface area contributed by atoms with Crippen molar-refractivity contribution in [1.82, 2.24) is 19.5 Å². The Hall–Kier alpha value is -2.43. The van der Waals surface area contributed by atoms with Crippen molar-refractivity contribution < 1.29 is 0 Å². The Morgan fingerprint density at radius 3 is 2.76 bits per heavy atom. The number of hydrogen-bond acceptors (Lipinski definition) is 4. The lowest BCUT2D eigenvalue weighted by Gasteiger charge is -2.01. The van der Waals surface area contributed by atoms with Crippen LogP contribution in [0, 0.1) is 0 Å². The zero-order valence-corrected chi connectivity index (χ0v) is 9.33. The predicted molar refractivity (Wildman–Crippen MR) is 66.2 cm³/mol. The first kappa shape index (κ1) is 9.77. The van der Waals surface area contributed by atoms with Gasteiger partial charge in [0.05, 0.1) is 11.7 Å². The van der Waals surface area contributed by atoms with Gasteiger partial charge in [0.2, 0.25) is 0 Å². The summed E-state index contributed by atoms with van der Waals surface area (Å²) in [6.07, 6.45) is 5.24. The monoisotopic (exact) mass is 225 g/mol. The molecule has 0 atom stereocenters. The van der Waals surface area contributed by atoms with Crippen molar-refractivity contribution in [2.75, 3.05) is 5.73 Å². The van der Waals surface area contributed by atoms with E-state index in [1.54, 1.807) is 24.7 Å². The molecule has 3 aromatic heterocycles. The third kappa shape index (κ3) is 1.52. The molecule has 3 rings (SSSR count). The molecule has 0 saturated heterocycles. The molecule has 0 aliphatic carbocycles. The number of nitrogens with two attached hydrogens (primary N) is 1. The Kier molecular flexibility index (Phi) is 2.04. The minimum atomic E-state index is 0.509. The normalized spacial score (nSPS) is 10.9. The minimum absolute atomic E-state index is 0.509. The highest BCUT2D eigenvalue weighted by Gasteiger charge is 2.09. The highest BCUT2D eigenvalue weighted by atomic mass is 15.1. The lowest BCUT2D eigenvalue weighted by atomic mass is 10.2. The molecule has 0 radical (unpaired) electrons. The fourth-order valence-corrected chi connectivity index (χ4v) is 1.85. The third-order valence-corrected chi connectivity index (χ3v) is 2.73. The van der Waals surface area contributed by atoms with Gasteiger partial charge in [-0.3, -0.25) is 4.98 Å². The number of hydrogen-bond donors (Lipinski definition) is 1. The minimum Gasteiger partial charge on any atom is -0.384 e. The molecule has 5 heteroatoms. The van der Waals surface area contributed by atoms with E-state index in [4.69, 9.17) is 5.73 Å². The molecule has 0 aromatic carbocycles. The highest BCUT2D eigenvalue weighted by molar-refractivity contribution is 5.79. The van der Waals surface area contributed by atoms with E-state index in [1.807, 2.05) is 23.7 Å². The van der Waals surface area contributed by atoms with Crippen molar-refractivity contribution >= 4 is 16.9 Å². The van der Waals surface area contributed by atoms with E-state index < -0.39 is 0 Å². The fraction of sp³-hybridized carbons (Fsp3) is 0.0833. The van der Waals surface area contributed by atoms with Gasteiger partial charge < -0.3 is 10.3 Å². The fourth-order valence-electron chi connectivity index (χ4n) is 1.85. The zero-order valence-electron chi connectivity index (χ0n) is 9.33. The third-order valence-electron chi connectivity index (χ3n) is 2.73. The van der Waals surface area contributed by atoms with Crippen molar-refractivity contribution in [3.8, 4) is 11.4 Å². The van der Waals surface area contributed by atoms with Crippen LogP contribution < -0.4 is 5.73 Å². The molecule has 0 aliphatic rings. The quantitative estimate of drug-likeness (QED) is 0.683. The van der Waals surface area contributed by atoms with Crippen LogP contribution in [0.3, 0.4) is 0 Å². The molecule has 2 N–H and O–H groups in total. The zero-order chi connectivity index (χ0) is 11.8. The average molecular weight is 225 g/mol. The van der Waals surface area contributed by atoms with Crippen LogP contribution in [0.25, 0.3) is 22.4 Å². The lowest BCUT2D eigenvalue weighted by molar-refractivity contribution is 0.957. The van der Waals surface area contributed by atoms with Gasteiger partial charge in [-0.25, -0.2) is 9.97 Å². The van der Waals surface area contributed by atoms with Gasteiger partial charge in [-0.15, -0.1) is 0 Å². The van der Waals surface area contributed by atoms with Crippen molar-refractivity contribution in [2.24, 2.45) is 7.05 Å². The number of nitrogens with zero attached hydrogens (tertiary/aromatic N) is 4. The van der Waals surface area contributed by atoms with Crippen LogP contribution in [-0.2, 0) is 7.05 Å². The molecular weight excluding hydrogens is 214 g/mol. The highest BCUT2D eigenvalue weighted by Crippen LogP contribution is 2.22. The standard InChI is InChI=1S/C12H11N5/c1-17-10-4-5-14-7-9(10)16-12(17)8-2-3-11(13)15-6-8/h2-7H,1H3,(H2,13,15). The number of pyridine rings is 2. The van der Waals surface area contributed by atoms with E-state index in [-0.39, 0.29) is 0 Å². The molecule has 0 unspecified atom stereocenters. The Bertz CT molecular complexity index is 669. The summed E-state index contributed by atoms with van der Waals surface area (Å²) in [6.45, 7) is 0. The summed E-state index contributed by atoms with van der Waals surface area (Å²) in [5, 5.41) is 0. The van der Waals surface area contributed by atoms with Crippen LogP contribution in [0.2, 0.25) is 0 Å². The number of anilines is 1. The molecule has 3 heterocycles. The number of rotatable bonds is 1. The second-order valence-electron chi connectivity index (χ2n) is 3.83. The van der Waals surface area contributed by atoms with Gasteiger partial charge in [-0.2, -0.15) is 0 Å². The summed E-state index contributed by atoms with van der Waals surface area (Å²) in [6, 6.07) is 5.63. The van der Waals surface area contributed by atoms with Crippen LogP contribution in [0.5, 0.6) is 0 Å². The number of aryl methyl sites for hydroxylation is 1.